The van der Waals surface area contributed by atoms with E-state index >= 15 is 0 Å². The summed E-state index contributed by atoms with van der Waals surface area (Å²) in [6.07, 6.45) is 6.48. The number of rotatable bonds is 7. The minimum atomic E-state index is -1.80. The van der Waals surface area contributed by atoms with E-state index in [0.29, 0.717) is 37.0 Å². The van der Waals surface area contributed by atoms with Crippen LogP contribution in [0.15, 0.2) is 0 Å². The number of nitrogens with zero attached hydrogens (tertiary/aromatic N) is 4. The number of carbonyl (C=O) groups is 1. The van der Waals surface area contributed by atoms with Crippen molar-refractivity contribution in [3.63, 3.8) is 0 Å². The number of fused-ring (bicyclic) bond motifs is 1. The largest absolute Gasteiger partial charge is 0.460 e. The smallest absolute Gasteiger partial charge is 0.378 e. The van der Waals surface area contributed by atoms with Gasteiger partial charge in [0, 0.05) is 12.6 Å². The summed E-state index contributed by atoms with van der Waals surface area (Å²) in [6, 6.07) is 0. The maximum Gasteiger partial charge on any atom is 0.378 e. The van der Waals surface area contributed by atoms with Crippen LogP contribution in [0.5, 0.6) is 0 Å². The van der Waals surface area contributed by atoms with Crippen molar-refractivity contribution in [2.75, 3.05) is 6.61 Å². The number of hydrogen-bond acceptors (Lipinski definition) is 6. The molecule has 2 fully saturated rings. The molecule has 1 heterocycles. The van der Waals surface area contributed by atoms with Crippen LogP contribution < -0.4 is 0 Å². The predicted octanol–water partition coefficient (Wildman–Crippen LogP) is 5.09. The number of tetrazole rings is 1. The van der Waals surface area contributed by atoms with Crippen molar-refractivity contribution in [2.45, 2.75) is 104 Å². The Morgan fingerprint density at radius 1 is 1.29 bits per heavy atom. The van der Waals surface area contributed by atoms with Crippen LogP contribution >= 0.6 is 0 Å². The van der Waals surface area contributed by atoms with Crippen LogP contribution in [0.4, 0.5) is 0 Å². The Balaban J connectivity index is 1.74. The lowest BCUT2D eigenvalue weighted by Crippen LogP contribution is -2.50. The molecule has 0 aromatic carbocycles. The summed E-state index contributed by atoms with van der Waals surface area (Å²) < 4.78 is 13.7. The molecule has 7 nitrogen and oxygen atoms in total. The SMILES string of the molecule is CCOC(=O)c1nnnn1C[C@@H](C)[C@H]1CC[C@H]2[C@@H](O[Si](C)(C)C(C)(C)C)CCC[C@]12C. The summed E-state index contributed by atoms with van der Waals surface area (Å²) in [5.41, 5.74) is 0.267. The summed E-state index contributed by atoms with van der Waals surface area (Å²) in [4.78, 5) is 12.2. The molecule has 2 aliphatic carbocycles. The summed E-state index contributed by atoms with van der Waals surface area (Å²) in [5, 5.41) is 11.9. The van der Waals surface area contributed by atoms with Crippen molar-refractivity contribution in [1.29, 1.82) is 0 Å². The van der Waals surface area contributed by atoms with Crippen LogP contribution in [0, 0.1) is 23.2 Å². The quantitative estimate of drug-likeness (QED) is 0.425. The first-order chi connectivity index (χ1) is 14.4. The molecule has 1 aromatic heterocycles. The average molecular weight is 451 g/mol. The van der Waals surface area contributed by atoms with Gasteiger partial charge in [-0.3, -0.25) is 0 Å². The molecule has 5 atom stereocenters. The second kappa shape index (κ2) is 8.93. The van der Waals surface area contributed by atoms with Gasteiger partial charge in [0.05, 0.1) is 6.61 Å². The molecule has 31 heavy (non-hydrogen) atoms. The highest BCUT2D eigenvalue weighted by atomic mass is 28.4. The maximum atomic E-state index is 12.2. The van der Waals surface area contributed by atoms with Gasteiger partial charge in [-0.05, 0) is 84.3 Å². The molecule has 8 heteroatoms. The first kappa shape index (κ1) is 24.4. The third-order valence-electron chi connectivity index (χ3n) is 8.53. The molecule has 0 spiro atoms. The molecule has 176 valence electrons. The second-order valence-electron chi connectivity index (χ2n) is 11.5. The third kappa shape index (κ3) is 4.75. The Hall–Kier alpha value is -1.28. The maximum absolute atomic E-state index is 12.2. The average Bonchev–Trinajstić information content (AvgIpc) is 3.25. The first-order valence-electron chi connectivity index (χ1n) is 12.0. The van der Waals surface area contributed by atoms with Gasteiger partial charge >= 0.3 is 5.97 Å². The minimum absolute atomic E-state index is 0.205. The van der Waals surface area contributed by atoms with Gasteiger partial charge in [-0.1, -0.05) is 41.0 Å². The fraction of sp³-hybridized carbons (Fsp3) is 0.913. The summed E-state index contributed by atoms with van der Waals surface area (Å²) in [6.45, 7) is 19.3. The Morgan fingerprint density at radius 3 is 2.65 bits per heavy atom. The van der Waals surface area contributed by atoms with Gasteiger partial charge in [0.1, 0.15) is 0 Å². The van der Waals surface area contributed by atoms with Gasteiger partial charge in [0.2, 0.25) is 0 Å². The lowest BCUT2D eigenvalue weighted by Gasteiger charge is -2.49. The van der Waals surface area contributed by atoms with Crippen molar-refractivity contribution < 1.29 is 14.0 Å². The van der Waals surface area contributed by atoms with E-state index in [1.807, 2.05) is 0 Å². The highest BCUT2D eigenvalue weighted by Gasteiger charge is 2.54. The lowest BCUT2D eigenvalue weighted by molar-refractivity contribution is -0.0223. The molecule has 0 radical (unpaired) electrons. The Bertz CT molecular complexity index is 775. The van der Waals surface area contributed by atoms with Gasteiger partial charge < -0.3 is 9.16 Å². The molecule has 1 aromatic rings. The van der Waals surface area contributed by atoms with E-state index in [-0.39, 0.29) is 16.3 Å². The van der Waals surface area contributed by atoms with Crippen LogP contribution in [0.3, 0.4) is 0 Å². The fourth-order valence-corrected chi connectivity index (χ4v) is 7.25. The van der Waals surface area contributed by atoms with Crippen molar-refractivity contribution >= 4 is 14.3 Å². The van der Waals surface area contributed by atoms with Gasteiger partial charge in [-0.15, -0.1) is 5.10 Å². The van der Waals surface area contributed by atoms with E-state index < -0.39 is 14.3 Å². The summed E-state index contributed by atoms with van der Waals surface area (Å²) >= 11 is 0. The summed E-state index contributed by atoms with van der Waals surface area (Å²) in [7, 11) is -1.80. The van der Waals surface area contributed by atoms with Gasteiger partial charge in [-0.2, -0.15) is 0 Å². The van der Waals surface area contributed by atoms with Gasteiger partial charge in [0.15, 0.2) is 8.32 Å². The molecular weight excluding hydrogens is 408 g/mol. The van der Waals surface area contributed by atoms with Crippen LogP contribution in [-0.4, -0.2) is 47.2 Å². The monoisotopic (exact) mass is 450 g/mol. The Morgan fingerprint density at radius 2 is 2.00 bits per heavy atom. The van der Waals surface area contributed by atoms with Gasteiger partial charge in [-0.25, -0.2) is 9.48 Å². The van der Waals surface area contributed by atoms with E-state index in [2.05, 4.69) is 63.2 Å². The van der Waals surface area contributed by atoms with E-state index in [1.54, 1.807) is 11.6 Å². The van der Waals surface area contributed by atoms with Crippen molar-refractivity contribution in [3.8, 4) is 0 Å². The Labute approximate surface area is 188 Å². The zero-order valence-corrected chi connectivity index (χ0v) is 21.8. The third-order valence-corrected chi connectivity index (χ3v) is 13.0. The van der Waals surface area contributed by atoms with Crippen molar-refractivity contribution in [3.05, 3.63) is 5.82 Å². The second-order valence-corrected chi connectivity index (χ2v) is 16.2. The lowest BCUT2D eigenvalue weighted by atomic mass is 9.62. The molecule has 0 N–H and O–H groups in total. The predicted molar refractivity (Wildman–Crippen MR) is 123 cm³/mol. The minimum Gasteiger partial charge on any atom is -0.460 e. The Kier molecular flexibility index (Phi) is 7.01. The molecule has 0 aliphatic heterocycles. The van der Waals surface area contributed by atoms with Crippen LogP contribution in [0.1, 0.15) is 84.3 Å². The van der Waals surface area contributed by atoms with E-state index in [9.17, 15) is 4.79 Å². The summed E-state index contributed by atoms with van der Waals surface area (Å²) in [5.74, 6) is 1.31. The molecular formula is C23H42N4O3Si. The zero-order chi connectivity index (χ0) is 23.0. The zero-order valence-electron chi connectivity index (χ0n) is 20.8. The van der Waals surface area contributed by atoms with E-state index in [1.165, 1.54) is 32.1 Å². The van der Waals surface area contributed by atoms with Crippen molar-refractivity contribution in [2.24, 2.45) is 23.2 Å². The van der Waals surface area contributed by atoms with Crippen LogP contribution in [-0.2, 0) is 15.7 Å². The molecule has 0 bridgehead atoms. The number of carbonyl (C=O) groups excluding carboxylic acids is 1. The van der Waals surface area contributed by atoms with Crippen LogP contribution in [0.25, 0.3) is 0 Å². The fourth-order valence-electron chi connectivity index (χ4n) is 5.86. The molecule has 3 rings (SSSR count). The van der Waals surface area contributed by atoms with Crippen molar-refractivity contribution in [1.82, 2.24) is 20.2 Å². The van der Waals surface area contributed by atoms with E-state index in [4.69, 9.17) is 9.16 Å². The number of esters is 1. The molecule has 0 unspecified atom stereocenters. The molecule has 0 amide bonds. The normalized spacial score (nSPS) is 30.1. The molecule has 2 aliphatic rings. The topological polar surface area (TPSA) is 79.1 Å². The van der Waals surface area contributed by atoms with Gasteiger partial charge in [0.25, 0.3) is 5.82 Å². The standard InChI is InChI=1S/C23H42N4O3Si/c1-9-29-21(28)20-24-25-26-27(20)15-16(2)17-12-13-18-19(11-10-14-23(17,18)6)30-31(7,8)22(3,4)5/h16-19H,9-15H2,1-8H3/t16-,17-,18+,19+,23-/m1/s1. The van der Waals surface area contributed by atoms with Crippen LogP contribution in [0.2, 0.25) is 18.1 Å². The highest BCUT2D eigenvalue weighted by molar-refractivity contribution is 6.74. The molecule has 2 saturated carbocycles. The number of hydrogen-bond donors (Lipinski definition) is 0. The highest BCUT2D eigenvalue weighted by Crippen LogP contribution is 2.59. The molecule has 0 saturated heterocycles. The first-order valence-corrected chi connectivity index (χ1v) is 14.9. The van der Waals surface area contributed by atoms with E-state index in [0.717, 1.165) is 0 Å². The number of aromatic nitrogens is 4. The number of ether oxygens (including phenoxy) is 1.